The predicted octanol–water partition coefficient (Wildman–Crippen LogP) is 4.56. The van der Waals surface area contributed by atoms with E-state index in [0.29, 0.717) is 36.1 Å². The molecule has 0 amide bonds. The summed E-state index contributed by atoms with van der Waals surface area (Å²) >= 11 is 6.29. The number of carbonyl (C=O) groups is 1. The first-order valence-electron chi connectivity index (χ1n) is 13.1. The molecule has 0 fully saturated rings. The van der Waals surface area contributed by atoms with E-state index in [4.69, 9.17) is 22.0 Å². The minimum atomic E-state index is -0.356. The van der Waals surface area contributed by atoms with Crippen molar-refractivity contribution in [3.63, 3.8) is 0 Å². The van der Waals surface area contributed by atoms with E-state index in [1.54, 1.807) is 0 Å². The number of carbonyl (C=O) groups excluding carboxylic acids is 1. The zero-order valence-electron chi connectivity index (χ0n) is 22.1. The van der Waals surface area contributed by atoms with Crippen molar-refractivity contribution in [2.75, 3.05) is 6.61 Å². The topological polar surface area (TPSA) is 152 Å². The zero-order chi connectivity index (χ0) is 28.5. The number of rotatable bonds is 14. The fraction of sp³-hybridized carbons (Fsp3) is 0.370. The second-order valence-corrected chi connectivity index (χ2v) is 9.55. The molecule has 2 heterocycles. The summed E-state index contributed by atoms with van der Waals surface area (Å²) in [5.41, 5.74) is 4.22. The Labute approximate surface area is 236 Å². The molecule has 0 bridgehead atoms. The van der Waals surface area contributed by atoms with Gasteiger partial charge in [0.05, 0.1) is 24.3 Å². The number of unbranched alkanes of at least 4 members (excludes halogenated alkanes) is 2. The van der Waals surface area contributed by atoms with Crippen molar-refractivity contribution in [1.82, 2.24) is 35.1 Å². The van der Waals surface area contributed by atoms with Gasteiger partial charge in [0, 0.05) is 24.9 Å². The SMILES string of the molecule is CCCCc1nc(Cl)c(CO)n1Cc1ccc(-c2ccccc2-c2nnn(C(=O)CCCCON(O)O)n2)cc1. The molecule has 3 N–H and O–H groups in total. The summed E-state index contributed by atoms with van der Waals surface area (Å²) in [6, 6.07) is 15.7. The van der Waals surface area contributed by atoms with Gasteiger partial charge in [-0.3, -0.25) is 20.0 Å². The van der Waals surface area contributed by atoms with Gasteiger partial charge in [-0.1, -0.05) is 78.3 Å². The third-order valence-electron chi connectivity index (χ3n) is 6.41. The molecular weight excluding hydrogens is 538 g/mol. The van der Waals surface area contributed by atoms with Crippen molar-refractivity contribution >= 4 is 17.5 Å². The van der Waals surface area contributed by atoms with Gasteiger partial charge in [-0.2, -0.15) is 0 Å². The molecular formula is C27H32ClN7O5. The summed E-state index contributed by atoms with van der Waals surface area (Å²) in [6.45, 7) is 2.54. The molecule has 0 saturated carbocycles. The molecule has 0 radical (unpaired) electrons. The van der Waals surface area contributed by atoms with Crippen LogP contribution in [-0.4, -0.2) is 63.2 Å². The van der Waals surface area contributed by atoms with Crippen LogP contribution >= 0.6 is 11.6 Å². The maximum Gasteiger partial charge on any atom is 0.266 e. The molecule has 0 atom stereocenters. The minimum Gasteiger partial charge on any atom is -0.390 e. The highest BCUT2D eigenvalue weighted by Crippen LogP contribution is 2.30. The number of imidazole rings is 1. The Kier molecular flexibility index (Phi) is 10.5. The Hall–Kier alpha value is -3.52. The van der Waals surface area contributed by atoms with E-state index in [2.05, 4.69) is 32.2 Å². The van der Waals surface area contributed by atoms with Crippen molar-refractivity contribution in [3.05, 3.63) is 70.8 Å². The number of hydrogen-bond acceptors (Lipinski definition) is 10. The van der Waals surface area contributed by atoms with Crippen molar-refractivity contribution in [1.29, 1.82) is 0 Å². The number of tetrazole rings is 1. The second kappa shape index (κ2) is 14.2. The lowest BCUT2D eigenvalue weighted by molar-refractivity contribution is -0.492. The molecule has 40 heavy (non-hydrogen) atoms. The average molecular weight is 570 g/mol. The minimum absolute atomic E-state index is 0.0567. The van der Waals surface area contributed by atoms with Crippen LogP contribution in [0.1, 0.15) is 60.9 Å². The highest BCUT2D eigenvalue weighted by atomic mass is 35.5. The molecule has 4 rings (SSSR count). The van der Waals surface area contributed by atoms with Gasteiger partial charge in [0.15, 0.2) is 5.15 Å². The third-order valence-corrected chi connectivity index (χ3v) is 6.71. The molecule has 13 heteroatoms. The molecule has 0 unspecified atom stereocenters. The summed E-state index contributed by atoms with van der Waals surface area (Å²) in [5, 5.41) is 39.3. The molecule has 12 nitrogen and oxygen atoms in total. The Bertz CT molecular complexity index is 1400. The van der Waals surface area contributed by atoms with Crippen LogP contribution in [0.5, 0.6) is 0 Å². The largest absolute Gasteiger partial charge is 0.390 e. The van der Waals surface area contributed by atoms with Gasteiger partial charge in [-0.05, 0) is 41.2 Å². The number of hydrogen-bond donors (Lipinski definition) is 3. The number of halogens is 1. The normalized spacial score (nSPS) is 11.4. The van der Waals surface area contributed by atoms with Gasteiger partial charge in [-0.15, -0.1) is 10.2 Å². The molecule has 0 spiro atoms. The Morgan fingerprint density at radius 2 is 1.80 bits per heavy atom. The quantitative estimate of drug-likeness (QED) is 0.145. The maximum atomic E-state index is 12.5. The summed E-state index contributed by atoms with van der Waals surface area (Å²) in [6.07, 6.45) is 3.87. The number of aliphatic hydroxyl groups excluding tert-OH is 1. The smallest absolute Gasteiger partial charge is 0.266 e. The van der Waals surface area contributed by atoms with Crippen LogP contribution in [0.4, 0.5) is 0 Å². The third kappa shape index (κ3) is 7.36. The summed E-state index contributed by atoms with van der Waals surface area (Å²) in [7, 11) is 0. The number of nitrogens with zero attached hydrogens (tertiary/aromatic N) is 7. The van der Waals surface area contributed by atoms with Crippen molar-refractivity contribution < 1.29 is 25.2 Å². The van der Waals surface area contributed by atoms with Crippen LogP contribution in [0.15, 0.2) is 48.5 Å². The van der Waals surface area contributed by atoms with Crippen molar-refractivity contribution in [2.45, 2.75) is 58.6 Å². The van der Waals surface area contributed by atoms with E-state index in [1.165, 1.54) is 0 Å². The molecule has 2 aromatic carbocycles. The first kappa shape index (κ1) is 29.5. The van der Waals surface area contributed by atoms with Crippen LogP contribution in [0.25, 0.3) is 22.5 Å². The van der Waals surface area contributed by atoms with Crippen molar-refractivity contribution in [2.24, 2.45) is 0 Å². The maximum absolute atomic E-state index is 12.5. The highest BCUT2D eigenvalue weighted by Gasteiger charge is 2.17. The fourth-order valence-electron chi connectivity index (χ4n) is 4.32. The number of benzene rings is 2. The van der Waals surface area contributed by atoms with E-state index in [-0.39, 0.29) is 30.9 Å². The van der Waals surface area contributed by atoms with Crippen LogP contribution in [0.2, 0.25) is 5.15 Å². The predicted molar refractivity (Wildman–Crippen MR) is 145 cm³/mol. The van der Waals surface area contributed by atoms with Crippen LogP contribution in [0.3, 0.4) is 0 Å². The van der Waals surface area contributed by atoms with Gasteiger partial charge < -0.3 is 9.67 Å². The van der Waals surface area contributed by atoms with Crippen LogP contribution < -0.4 is 0 Å². The fourth-order valence-corrected chi connectivity index (χ4v) is 4.58. The van der Waals surface area contributed by atoms with Gasteiger partial charge in [0.25, 0.3) is 5.91 Å². The van der Waals surface area contributed by atoms with E-state index in [1.807, 2.05) is 53.1 Å². The van der Waals surface area contributed by atoms with E-state index in [9.17, 15) is 9.90 Å². The second-order valence-electron chi connectivity index (χ2n) is 9.20. The zero-order valence-corrected chi connectivity index (χ0v) is 22.9. The molecule has 0 aliphatic carbocycles. The molecule has 212 valence electrons. The first-order chi connectivity index (χ1) is 19.4. The van der Waals surface area contributed by atoms with Crippen molar-refractivity contribution in [3.8, 4) is 22.5 Å². The molecule has 0 aliphatic heterocycles. The Balaban J connectivity index is 1.48. The molecule has 4 aromatic rings. The number of aromatic nitrogens is 6. The van der Waals surface area contributed by atoms with E-state index < -0.39 is 0 Å². The van der Waals surface area contributed by atoms with Crippen LogP contribution in [0, 0.1) is 0 Å². The summed E-state index contributed by atoms with van der Waals surface area (Å²) in [5.74, 6) is 0.865. The number of aliphatic hydroxyl groups is 1. The highest BCUT2D eigenvalue weighted by molar-refractivity contribution is 6.30. The van der Waals surface area contributed by atoms with Gasteiger partial charge >= 0.3 is 0 Å². The molecule has 2 aromatic heterocycles. The summed E-state index contributed by atoms with van der Waals surface area (Å²) < 4.78 is 1.99. The van der Waals surface area contributed by atoms with Gasteiger partial charge in [-0.25, -0.2) is 4.98 Å². The standard InChI is InChI=1S/C27H32ClN7O5/c1-2-3-10-24-29-26(28)23(18-36)33(24)17-19-12-14-20(15-13-19)21-8-4-5-9-22(21)27-30-32-34(31-27)25(37)11-6-7-16-40-35(38)39/h4-5,8-9,12-15,36,38-39H,2-3,6-7,10-11,16-18H2,1H3. The van der Waals surface area contributed by atoms with E-state index in [0.717, 1.165) is 52.1 Å². The lowest BCUT2D eigenvalue weighted by Gasteiger charge is -2.12. The molecule has 0 aliphatic rings. The van der Waals surface area contributed by atoms with Gasteiger partial charge in [0.1, 0.15) is 5.82 Å². The number of aryl methyl sites for hydroxylation is 1. The lowest BCUT2D eigenvalue weighted by atomic mass is 9.98. The van der Waals surface area contributed by atoms with E-state index >= 15 is 0 Å². The van der Waals surface area contributed by atoms with Gasteiger partial charge in [0.2, 0.25) is 5.82 Å². The van der Waals surface area contributed by atoms with Crippen LogP contribution in [-0.2, 0) is 24.4 Å². The average Bonchev–Trinajstić information content (AvgIpc) is 3.56. The molecule has 0 saturated heterocycles. The Morgan fingerprint density at radius 1 is 1.05 bits per heavy atom. The monoisotopic (exact) mass is 569 g/mol. The first-order valence-corrected chi connectivity index (χ1v) is 13.5. The Morgan fingerprint density at radius 3 is 2.50 bits per heavy atom. The lowest BCUT2D eigenvalue weighted by Crippen LogP contribution is -2.16. The summed E-state index contributed by atoms with van der Waals surface area (Å²) in [4.78, 5) is 22.4.